The number of amides is 1. The number of nitrogens with zero attached hydrogens (tertiary/aromatic N) is 1. The van der Waals surface area contributed by atoms with Crippen LogP contribution in [0.15, 0.2) is 107 Å². The molecule has 0 unspecified atom stereocenters. The average molecular weight is 598 g/mol. The highest BCUT2D eigenvalue weighted by atomic mass is 35.5. The summed E-state index contributed by atoms with van der Waals surface area (Å²) in [6.45, 7) is 1.62. The Morgan fingerprint density at radius 1 is 0.825 bits per heavy atom. The summed E-state index contributed by atoms with van der Waals surface area (Å²) in [6, 6.07) is 24.8. The lowest BCUT2D eigenvalue weighted by atomic mass is 10.2. The molecule has 0 saturated heterocycles. The maximum absolute atomic E-state index is 13.5. The summed E-state index contributed by atoms with van der Waals surface area (Å²) >= 11 is 5.93. The Bertz CT molecular complexity index is 1760. The van der Waals surface area contributed by atoms with Crippen molar-refractivity contribution in [3.63, 3.8) is 0 Å². The zero-order valence-electron chi connectivity index (χ0n) is 21.1. The second-order valence-corrected chi connectivity index (χ2v) is 13.0. The zero-order chi connectivity index (χ0) is 28.5. The van der Waals surface area contributed by atoms with E-state index in [1.807, 2.05) is 6.92 Å². The van der Waals surface area contributed by atoms with Crippen LogP contribution in [0, 0.1) is 6.92 Å². The van der Waals surface area contributed by atoms with Gasteiger partial charge < -0.3 is 10.1 Å². The molecule has 0 aliphatic carbocycles. The molecule has 1 atom stereocenters. The number of anilines is 3. The standard InChI is InChI=1S/C28H24ClN3O6S2/c1-19-6-10-22(11-7-19)31-39(34,35)23-16-12-21(13-17-23)30-28(33)27-18-32(25-4-2-3-5-26(25)38-27)40(36,37)24-14-8-20(29)9-15-24/h2-17,27,31H,18H2,1H3,(H,30,33)/t27-/m1/s1. The minimum absolute atomic E-state index is 0.00847. The fourth-order valence-corrected chi connectivity index (χ4v) is 6.74. The molecule has 0 aromatic heterocycles. The minimum Gasteiger partial charge on any atom is -0.476 e. The molecule has 4 aromatic rings. The van der Waals surface area contributed by atoms with E-state index in [9.17, 15) is 21.6 Å². The van der Waals surface area contributed by atoms with Gasteiger partial charge in [0.1, 0.15) is 5.75 Å². The number of carbonyl (C=O) groups excluding carboxylic acids is 1. The van der Waals surface area contributed by atoms with Gasteiger partial charge in [0.25, 0.3) is 26.0 Å². The second-order valence-electron chi connectivity index (χ2n) is 9.05. The predicted molar refractivity (Wildman–Crippen MR) is 154 cm³/mol. The Morgan fingerprint density at radius 2 is 1.43 bits per heavy atom. The van der Waals surface area contributed by atoms with Crippen molar-refractivity contribution in [1.82, 2.24) is 0 Å². The summed E-state index contributed by atoms with van der Waals surface area (Å²) in [6.07, 6.45) is -1.18. The fourth-order valence-electron chi connectivity index (χ4n) is 4.08. The molecule has 1 aliphatic rings. The molecule has 1 heterocycles. The number of benzene rings is 4. The molecular weight excluding hydrogens is 574 g/mol. The van der Waals surface area contributed by atoms with Crippen LogP contribution < -0.4 is 19.1 Å². The van der Waals surface area contributed by atoms with Gasteiger partial charge in [-0.2, -0.15) is 0 Å². The minimum atomic E-state index is -4.04. The molecule has 12 heteroatoms. The first kappa shape index (κ1) is 27.5. The Hall–Kier alpha value is -4.06. The first-order chi connectivity index (χ1) is 19.0. The summed E-state index contributed by atoms with van der Waals surface area (Å²) in [5, 5.41) is 3.07. The Labute approximate surface area is 237 Å². The van der Waals surface area contributed by atoms with Crippen molar-refractivity contribution < 1.29 is 26.4 Å². The van der Waals surface area contributed by atoms with E-state index >= 15 is 0 Å². The molecule has 4 aromatic carbocycles. The van der Waals surface area contributed by atoms with Crippen LogP contribution in [0.4, 0.5) is 17.1 Å². The van der Waals surface area contributed by atoms with Crippen molar-refractivity contribution >= 4 is 54.6 Å². The van der Waals surface area contributed by atoms with Crippen LogP contribution in [0.5, 0.6) is 5.75 Å². The van der Waals surface area contributed by atoms with E-state index in [1.165, 1.54) is 48.5 Å². The number of hydrogen-bond acceptors (Lipinski definition) is 6. The van der Waals surface area contributed by atoms with Gasteiger partial charge in [0.15, 0.2) is 6.10 Å². The van der Waals surface area contributed by atoms with Gasteiger partial charge in [-0.15, -0.1) is 0 Å². The topological polar surface area (TPSA) is 122 Å². The summed E-state index contributed by atoms with van der Waals surface area (Å²) in [7, 11) is -7.89. The van der Waals surface area contributed by atoms with Crippen LogP contribution in [0.2, 0.25) is 5.02 Å². The molecule has 0 saturated carbocycles. The number of sulfonamides is 2. The largest absolute Gasteiger partial charge is 0.476 e. The number of nitrogens with one attached hydrogen (secondary N) is 2. The summed E-state index contributed by atoms with van der Waals surface area (Å²) < 4.78 is 62.0. The van der Waals surface area contributed by atoms with Gasteiger partial charge >= 0.3 is 0 Å². The summed E-state index contributed by atoms with van der Waals surface area (Å²) in [4.78, 5) is 13.2. The summed E-state index contributed by atoms with van der Waals surface area (Å²) in [5.41, 5.74) is 2.04. The number of halogens is 1. The van der Waals surface area contributed by atoms with Crippen molar-refractivity contribution in [1.29, 1.82) is 0 Å². The van der Waals surface area contributed by atoms with Crippen LogP contribution in [0.3, 0.4) is 0 Å². The van der Waals surface area contributed by atoms with Crippen LogP contribution in [-0.4, -0.2) is 35.4 Å². The highest BCUT2D eigenvalue weighted by molar-refractivity contribution is 7.93. The predicted octanol–water partition coefficient (Wildman–Crippen LogP) is 5.04. The molecule has 1 aliphatic heterocycles. The lowest BCUT2D eigenvalue weighted by Gasteiger charge is -2.34. The third-order valence-electron chi connectivity index (χ3n) is 6.16. The van der Waals surface area contributed by atoms with Gasteiger partial charge in [-0.05, 0) is 79.7 Å². The van der Waals surface area contributed by atoms with Gasteiger partial charge in [-0.25, -0.2) is 16.8 Å². The smallest absolute Gasteiger partial charge is 0.267 e. The van der Waals surface area contributed by atoms with Crippen LogP contribution in [-0.2, 0) is 24.8 Å². The molecular formula is C28H24ClN3O6S2. The van der Waals surface area contributed by atoms with E-state index in [2.05, 4.69) is 10.0 Å². The normalized spacial score (nSPS) is 15.1. The summed E-state index contributed by atoms with van der Waals surface area (Å²) in [5.74, 6) is -0.366. The van der Waals surface area contributed by atoms with Crippen molar-refractivity contribution in [3.8, 4) is 5.75 Å². The molecule has 206 valence electrons. The van der Waals surface area contributed by atoms with E-state index in [-0.39, 0.29) is 22.1 Å². The Morgan fingerprint density at radius 3 is 2.10 bits per heavy atom. The monoisotopic (exact) mass is 597 g/mol. The van der Waals surface area contributed by atoms with E-state index in [0.29, 0.717) is 22.1 Å². The van der Waals surface area contributed by atoms with Gasteiger partial charge in [-0.1, -0.05) is 41.4 Å². The highest BCUT2D eigenvalue weighted by Gasteiger charge is 2.37. The molecule has 9 nitrogen and oxygen atoms in total. The van der Waals surface area contributed by atoms with Gasteiger partial charge in [-0.3, -0.25) is 13.8 Å². The number of aryl methyl sites for hydroxylation is 1. The van der Waals surface area contributed by atoms with Crippen LogP contribution in [0.25, 0.3) is 0 Å². The zero-order valence-corrected chi connectivity index (χ0v) is 23.5. The Balaban J connectivity index is 1.33. The van der Waals surface area contributed by atoms with Crippen LogP contribution >= 0.6 is 11.6 Å². The third-order valence-corrected chi connectivity index (χ3v) is 9.61. The molecule has 2 N–H and O–H groups in total. The molecule has 0 spiro atoms. The Kier molecular flexibility index (Phi) is 7.45. The van der Waals surface area contributed by atoms with Gasteiger partial charge in [0.05, 0.1) is 22.0 Å². The van der Waals surface area contributed by atoms with Gasteiger partial charge in [0.2, 0.25) is 0 Å². The highest BCUT2D eigenvalue weighted by Crippen LogP contribution is 2.37. The van der Waals surface area contributed by atoms with E-state index < -0.39 is 32.1 Å². The van der Waals surface area contributed by atoms with Gasteiger partial charge in [0, 0.05) is 16.4 Å². The first-order valence-electron chi connectivity index (χ1n) is 12.1. The third kappa shape index (κ3) is 5.76. The van der Waals surface area contributed by atoms with Crippen molar-refractivity contribution in [2.24, 2.45) is 0 Å². The number of para-hydroxylation sites is 2. The van der Waals surface area contributed by atoms with Crippen molar-refractivity contribution in [3.05, 3.63) is 108 Å². The molecule has 1 amide bonds. The van der Waals surface area contributed by atoms with E-state index in [0.717, 1.165) is 9.87 Å². The molecule has 0 fully saturated rings. The van der Waals surface area contributed by atoms with Crippen molar-refractivity contribution in [2.75, 3.05) is 20.9 Å². The average Bonchev–Trinajstić information content (AvgIpc) is 2.94. The number of fused-ring (bicyclic) bond motifs is 1. The number of carbonyl (C=O) groups is 1. The molecule has 0 bridgehead atoms. The van der Waals surface area contributed by atoms with Crippen LogP contribution in [0.1, 0.15) is 5.56 Å². The SMILES string of the molecule is Cc1ccc(NS(=O)(=O)c2ccc(NC(=O)[C@H]3CN(S(=O)(=O)c4ccc(Cl)cc4)c4ccccc4O3)cc2)cc1. The number of ether oxygens (including phenoxy) is 1. The lowest BCUT2D eigenvalue weighted by molar-refractivity contribution is -0.122. The fraction of sp³-hybridized carbons (Fsp3) is 0.107. The van der Waals surface area contributed by atoms with E-state index in [4.69, 9.17) is 16.3 Å². The number of rotatable bonds is 7. The van der Waals surface area contributed by atoms with E-state index in [1.54, 1.807) is 48.5 Å². The first-order valence-corrected chi connectivity index (χ1v) is 15.4. The number of hydrogen-bond donors (Lipinski definition) is 2. The van der Waals surface area contributed by atoms with Crippen molar-refractivity contribution in [2.45, 2.75) is 22.8 Å². The maximum Gasteiger partial charge on any atom is 0.267 e. The molecule has 5 rings (SSSR count). The maximum atomic E-state index is 13.5. The molecule has 0 radical (unpaired) electrons. The lowest BCUT2D eigenvalue weighted by Crippen LogP contribution is -2.48. The molecule has 40 heavy (non-hydrogen) atoms. The second kappa shape index (κ2) is 10.8. The quantitative estimate of drug-likeness (QED) is 0.308.